The van der Waals surface area contributed by atoms with Gasteiger partial charge in [0.2, 0.25) is 0 Å². The van der Waals surface area contributed by atoms with Gasteiger partial charge in [0.05, 0.1) is 6.10 Å². The van der Waals surface area contributed by atoms with Gasteiger partial charge in [-0.05, 0) is 49.3 Å². The van der Waals surface area contributed by atoms with E-state index in [0.29, 0.717) is 12.0 Å². The minimum absolute atomic E-state index is 0.162. The lowest BCUT2D eigenvalue weighted by molar-refractivity contribution is 0.303. The second kappa shape index (κ2) is 6.95. The molecule has 1 atom stereocenters. The smallest absolute Gasteiger partial charge is 0.119 e. The van der Waals surface area contributed by atoms with Crippen LogP contribution in [0.25, 0.3) is 0 Å². The number of nitrogens with two attached hydrogens (primary N) is 1. The van der Waals surface area contributed by atoms with Crippen LogP contribution in [0.3, 0.4) is 0 Å². The van der Waals surface area contributed by atoms with Crippen LogP contribution < -0.4 is 10.5 Å². The summed E-state index contributed by atoms with van der Waals surface area (Å²) >= 11 is 0. The zero-order valence-electron chi connectivity index (χ0n) is 12.3. The van der Waals surface area contributed by atoms with Crippen molar-refractivity contribution in [2.24, 2.45) is 11.7 Å². The Hall–Kier alpha value is -1.02. The van der Waals surface area contributed by atoms with E-state index in [9.17, 15) is 0 Å². The van der Waals surface area contributed by atoms with E-state index in [1.54, 1.807) is 0 Å². The van der Waals surface area contributed by atoms with Crippen molar-refractivity contribution in [3.05, 3.63) is 29.8 Å². The predicted molar refractivity (Wildman–Crippen MR) is 80.3 cm³/mol. The lowest BCUT2D eigenvalue weighted by Crippen LogP contribution is -2.21. The summed E-state index contributed by atoms with van der Waals surface area (Å²) in [6.07, 6.45) is 7.73. The summed E-state index contributed by atoms with van der Waals surface area (Å²) in [6, 6.07) is 8.58. The Morgan fingerprint density at radius 3 is 2.16 bits per heavy atom. The highest BCUT2D eigenvalue weighted by Gasteiger charge is 2.23. The minimum atomic E-state index is 0.162. The van der Waals surface area contributed by atoms with E-state index in [1.165, 1.54) is 44.1 Å². The number of rotatable bonds is 8. The molecule has 1 aliphatic rings. The molecule has 0 amide bonds. The van der Waals surface area contributed by atoms with Crippen molar-refractivity contribution in [3.8, 4) is 5.75 Å². The van der Waals surface area contributed by atoms with E-state index in [0.717, 1.165) is 5.75 Å². The molecule has 1 saturated carbocycles. The monoisotopic (exact) mass is 261 g/mol. The van der Waals surface area contributed by atoms with Gasteiger partial charge in [0.1, 0.15) is 5.75 Å². The Morgan fingerprint density at radius 2 is 1.68 bits per heavy atom. The maximum atomic E-state index is 6.43. The van der Waals surface area contributed by atoms with Crippen LogP contribution in [-0.4, -0.2) is 6.10 Å². The molecule has 19 heavy (non-hydrogen) atoms. The third-order valence-electron chi connectivity index (χ3n) is 3.92. The highest BCUT2D eigenvalue weighted by Crippen LogP contribution is 2.30. The summed E-state index contributed by atoms with van der Waals surface area (Å²) in [4.78, 5) is 0. The van der Waals surface area contributed by atoms with Gasteiger partial charge in [-0.25, -0.2) is 0 Å². The van der Waals surface area contributed by atoms with Crippen molar-refractivity contribution in [1.82, 2.24) is 0 Å². The third kappa shape index (κ3) is 4.24. The van der Waals surface area contributed by atoms with Gasteiger partial charge in [-0.3, -0.25) is 0 Å². The molecule has 2 N–H and O–H groups in total. The van der Waals surface area contributed by atoms with Gasteiger partial charge in [0, 0.05) is 6.04 Å². The molecule has 1 aromatic rings. The Balaban J connectivity index is 1.97. The topological polar surface area (TPSA) is 35.2 Å². The number of ether oxygens (including phenoxy) is 1. The van der Waals surface area contributed by atoms with Crippen LogP contribution in [0.1, 0.15) is 64.0 Å². The average Bonchev–Trinajstić information content (AvgIpc) is 3.23. The van der Waals surface area contributed by atoms with Crippen LogP contribution >= 0.6 is 0 Å². The molecular formula is C17H27NO. The van der Waals surface area contributed by atoms with E-state index in [1.807, 2.05) is 0 Å². The Kier molecular flexibility index (Phi) is 5.26. The molecule has 2 heteroatoms. The molecule has 1 fully saturated rings. The fraction of sp³-hybridized carbons (Fsp3) is 0.647. The lowest BCUT2D eigenvalue weighted by Gasteiger charge is -2.23. The van der Waals surface area contributed by atoms with Gasteiger partial charge in [-0.2, -0.15) is 0 Å². The summed E-state index contributed by atoms with van der Waals surface area (Å²) in [5.41, 5.74) is 7.68. The van der Waals surface area contributed by atoms with Gasteiger partial charge >= 0.3 is 0 Å². The molecular weight excluding hydrogens is 234 g/mol. The van der Waals surface area contributed by atoms with Gasteiger partial charge in [0.15, 0.2) is 0 Å². The Morgan fingerprint density at radius 1 is 1.11 bits per heavy atom. The maximum Gasteiger partial charge on any atom is 0.119 e. The predicted octanol–water partition coefficient (Wildman–Crippen LogP) is 4.44. The van der Waals surface area contributed by atoms with Crippen molar-refractivity contribution in [2.75, 3.05) is 0 Å². The molecule has 2 rings (SSSR count). The summed E-state index contributed by atoms with van der Waals surface area (Å²) < 4.78 is 5.77. The van der Waals surface area contributed by atoms with E-state index in [-0.39, 0.29) is 6.04 Å². The maximum absolute atomic E-state index is 6.43. The Bertz CT molecular complexity index is 363. The standard InChI is InChI=1S/C17H27NO/c1-3-5-13(6-4-2)17(18)14-7-9-15(10-8-14)19-16-11-12-16/h7-10,13,16-17H,3-6,11-12,18H2,1-2H3. The first-order valence-corrected chi connectivity index (χ1v) is 7.76. The second-order valence-electron chi connectivity index (χ2n) is 5.75. The van der Waals surface area contributed by atoms with Gasteiger partial charge in [0.25, 0.3) is 0 Å². The fourth-order valence-electron chi connectivity index (χ4n) is 2.66. The van der Waals surface area contributed by atoms with Gasteiger partial charge in [-0.1, -0.05) is 38.8 Å². The molecule has 0 heterocycles. The molecule has 0 aromatic heterocycles. The highest BCUT2D eigenvalue weighted by atomic mass is 16.5. The molecule has 1 aromatic carbocycles. The summed E-state index contributed by atoms with van der Waals surface area (Å²) in [6.45, 7) is 4.48. The second-order valence-corrected chi connectivity index (χ2v) is 5.75. The van der Waals surface area contributed by atoms with Crippen LogP contribution in [0.4, 0.5) is 0 Å². The minimum Gasteiger partial charge on any atom is -0.490 e. The van der Waals surface area contributed by atoms with Crippen LogP contribution in [-0.2, 0) is 0 Å². The Labute approximate surface area is 117 Å². The van der Waals surface area contributed by atoms with Gasteiger partial charge < -0.3 is 10.5 Å². The van der Waals surface area contributed by atoms with E-state index < -0.39 is 0 Å². The van der Waals surface area contributed by atoms with Gasteiger partial charge in [-0.15, -0.1) is 0 Å². The van der Waals surface area contributed by atoms with E-state index in [2.05, 4.69) is 38.1 Å². The first-order valence-electron chi connectivity index (χ1n) is 7.76. The molecule has 1 aliphatic carbocycles. The zero-order chi connectivity index (χ0) is 13.7. The molecule has 106 valence electrons. The lowest BCUT2D eigenvalue weighted by atomic mass is 9.87. The molecule has 0 bridgehead atoms. The quantitative estimate of drug-likeness (QED) is 0.750. The first kappa shape index (κ1) is 14.4. The van der Waals surface area contributed by atoms with Crippen molar-refractivity contribution in [2.45, 2.75) is 64.5 Å². The highest BCUT2D eigenvalue weighted by molar-refractivity contribution is 5.29. The van der Waals surface area contributed by atoms with Crippen LogP contribution in [0.2, 0.25) is 0 Å². The summed E-state index contributed by atoms with van der Waals surface area (Å²) in [5.74, 6) is 1.59. The molecule has 0 spiro atoms. The van der Waals surface area contributed by atoms with Crippen molar-refractivity contribution in [1.29, 1.82) is 0 Å². The van der Waals surface area contributed by atoms with Crippen LogP contribution in [0.15, 0.2) is 24.3 Å². The zero-order valence-corrected chi connectivity index (χ0v) is 12.3. The molecule has 0 aliphatic heterocycles. The molecule has 1 unspecified atom stereocenters. The molecule has 0 saturated heterocycles. The normalized spacial score (nSPS) is 16.6. The first-order chi connectivity index (χ1) is 9.24. The molecule has 2 nitrogen and oxygen atoms in total. The fourth-order valence-corrected chi connectivity index (χ4v) is 2.66. The average molecular weight is 261 g/mol. The largest absolute Gasteiger partial charge is 0.490 e. The van der Waals surface area contributed by atoms with Crippen LogP contribution in [0.5, 0.6) is 5.75 Å². The summed E-state index contributed by atoms with van der Waals surface area (Å²) in [7, 11) is 0. The van der Waals surface area contributed by atoms with E-state index in [4.69, 9.17) is 10.5 Å². The third-order valence-corrected chi connectivity index (χ3v) is 3.92. The summed E-state index contributed by atoms with van der Waals surface area (Å²) in [5, 5.41) is 0. The SMILES string of the molecule is CCCC(CCC)C(N)c1ccc(OC2CC2)cc1. The van der Waals surface area contributed by atoms with Crippen molar-refractivity contribution in [3.63, 3.8) is 0 Å². The number of benzene rings is 1. The van der Waals surface area contributed by atoms with Crippen molar-refractivity contribution < 1.29 is 4.74 Å². The number of hydrogen-bond acceptors (Lipinski definition) is 2. The van der Waals surface area contributed by atoms with Crippen molar-refractivity contribution >= 4 is 0 Å². The number of hydrogen-bond donors (Lipinski definition) is 1. The molecule has 0 radical (unpaired) electrons. The van der Waals surface area contributed by atoms with Crippen LogP contribution in [0, 0.1) is 5.92 Å². The van der Waals surface area contributed by atoms with E-state index >= 15 is 0 Å².